The van der Waals surface area contributed by atoms with E-state index in [2.05, 4.69) is 18.3 Å². The minimum absolute atomic E-state index is 0.154. The Labute approximate surface area is 590 Å². The zero-order valence-corrected chi connectivity index (χ0v) is 57.1. The van der Waals surface area contributed by atoms with Crippen molar-refractivity contribution in [3.8, 4) is 69.0 Å². The maximum Gasteiger partial charge on any atom is 0.261 e. The number of benzene rings is 9. The molecule has 0 aliphatic carbocycles. The topological polar surface area (TPSA) is 168 Å². The van der Waals surface area contributed by atoms with Crippen LogP contribution in [0.5, 0.6) is 69.0 Å². The van der Waals surface area contributed by atoms with Crippen molar-refractivity contribution in [3.05, 3.63) is 242 Å². The molecule has 4 amide bonds. The van der Waals surface area contributed by atoms with Crippen LogP contribution in [0.25, 0.3) is 43.1 Å². The molecule has 13 aromatic rings. The number of nitrogens with zero attached hydrogens (tertiary/aromatic N) is 6. The molecule has 6 heterocycles. The molecule has 2 aliphatic heterocycles. The molecule has 102 heavy (non-hydrogen) atoms. The van der Waals surface area contributed by atoms with E-state index in [0.29, 0.717) is 141 Å². The van der Waals surface area contributed by atoms with Crippen molar-refractivity contribution < 1.29 is 57.1 Å². The standard InChI is InChI=1S/C84H78N6O12/c1-3-5-47-89-81(91)65-53-69(99-61-27-19-57(20-28-61)95-49-15-43-85-35-7-8-36-85)75-77-71(101-63-31-23-59(24-32-63)97-51-17-45-87-39-11-12-40-87)55-67-74-68(84(94)90(83(67)93)48-6-4-2)56-72(102-64-33-25-60(26-34-64)98-52-18-46-88-41-13-14-42-88)78(80(74)77)76-70(54-66(82(89)92)73(65)79(75)76)100-62-29-21-58(22-30-62)96-50-16-44-86-37-9-10-38-86/h7-14,19-42,53-56H,3-6,15-18,43-52H2,1-2H3. The van der Waals surface area contributed by atoms with E-state index in [0.717, 1.165) is 51.9 Å². The van der Waals surface area contributed by atoms with Crippen LogP contribution in [0.4, 0.5) is 0 Å². The molecule has 18 nitrogen and oxygen atoms in total. The Morgan fingerprint density at radius 3 is 0.686 bits per heavy atom. The lowest BCUT2D eigenvalue weighted by atomic mass is 9.80. The largest absolute Gasteiger partial charge is 0.494 e. The van der Waals surface area contributed by atoms with Crippen molar-refractivity contribution in [1.82, 2.24) is 28.1 Å². The van der Waals surface area contributed by atoms with Crippen LogP contribution in [0.1, 0.15) is 107 Å². The van der Waals surface area contributed by atoms with Gasteiger partial charge < -0.3 is 56.2 Å². The number of hydrogen-bond acceptors (Lipinski definition) is 12. The molecular weight excluding hydrogens is 1280 g/mol. The normalized spacial score (nSPS) is 12.8. The number of carbonyl (C=O) groups excluding carboxylic acids is 4. The van der Waals surface area contributed by atoms with Crippen molar-refractivity contribution in [2.24, 2.45) is 0 Å². The summed E-state index contributed by atoms with van der Waals surface area (Å²) in [5.41, 5.74) is 0.859. The highest BCUT2D eigenvalue weighted by Crippen LogP contribution is 2.58. The summed E-state index contributed by atoms with van der Waals surface area (Å²) in [6, 6.07) is 52.0. The molecule has 0 spiro atoms. The van der Waals surface area contributed by atoms with Crippen LogP contribution in [0.2, 0.25) is 0 Å². The summed E-state index contributed by atoms with van der Waals surface area (Å²) in [5, 5.41) is 3.12. The number of unbranched alkanes of at least 4 members (excludes halogenated alkanes) is 2. The summed E-state index contributed by atoms with van der Waals surface area (Å²) in [6.07, 6.45) is 21.8. The van der Waals surface area contributed by atoms with Crippen LogP contribution in [0, 0.1) is 0 Å². The molecular formula is C84H78N6O12. The molecule has 0 N–H and O–H groups in total. The summed E-state index contributed by atoms with van der Waals surface area (Å²) in [4.78, 5) is 65.0. The van der Waals surface area contributed by atoms with Gasteiger partial charge in [0.15, 0.2) is 0 Å². The number of hydrogen-bond donors (Lipinski definition) is 0. The summed E-state index contributed by atoms with van der Waals surface area (Å²) in [6.45, 7) is 9.38. The number of amides is 4. The molecule has 0 radical (unpaired) electrons. The number of imide groups is 2. The molecule has 0 bridgehead atoms. The molecule has 0 unspecified atom stereocenters. The quantitative estimate of drug-likeness (QED) is 0.0162. The van der Waals surface area contributed by atoms with Crippen molar-refractivity contribution >= 4 is 66.7 Å². The Balaban J connectivity index is 0.948. The molecule has 0 saturated carbocycles. The fourth-order valence-electron chi connectivity index (χ4n) is 13.7. The van der Waals surface area contributed by atoms with E-state index in [-0.39, 0.29) is 58.3 Å². The lowest BCUT2D eigenvalue weighted by Gasteiger charge is -2.32. The SMILES string of the molecule is CCCCN1C(=O)c2cc(Oc3ccc(OCCCn4cccc4)cc3)c3c4c(Oc5ccc(OCCCn6cccc6)cc5)cc5c6c(cc(Oc7ccc(OCCCn8cccc8)cc7)c(c7c(Oc8ccc(OCCCn9cccc9)cc8)cc(c2c37)C1=O)c64)C(=O)N(CCCC)C5=O. The van der Waals surface area contributed by atoms with Gasteiger partial charge in [-0.2, -0.15) is 0 Å². The average molecular weight is 1360 g/mol. The first-order chi connectivity index (χ1) is 50.1. The van der Waals surface area contributed by atoms with Crippen LogP contribution >= 0.6 is 0 Å². The smallest absolute Gasteiger partial charge is 0.261 e. The van der Waals surface area contributed by atoms with Crippen LogP contribution in [-0.4, -0.2) is 91.2 Å². The van der Waals surface area contributed by atoms with Crippen LogP contribution in [-0.2, 0) is 26.2 Å². The van der Waals surface area contributed by atoms with E-state index in [9.17, 15) is 0 Å². The van der Waals surface area contributed by atoms with Gasteiger partial charge in [0, 0.05) is 132 Å². The molecule has 18 heteroatoms. The minimum Gasteiger partial charge on any atom is -0.494 e. The summed E-state index contributed by atoms with van der Waals surface area (Å²) < 4.78 is 62.5. The van der Waals surface area contributed by atoms with Gasteiger partial charge in [-0.25, -0.2) is 0 Å². The van der Waals surface area contributed by atoms with Gasteiger partial charge in [-0.05, 0) is 208 Å². The van der Waals surface area contributed by atoms with E-state index in [4.69, 9.17) is 37.9 Å². The maximum atomic E-state index is 15.6. The van der Waals surface area contributed by atoms with Crippen LogP contribution < -0.4 is 37.9 Å². The monoisotopic (exact) mass is 1360 g/mol. The van der Waals surface area contributed by atoms with Gasteiger partial charge in [-0.1, -0.05) is 26.7 Å². The predicted octanol–water partition coefficient (Wildman–Crippen LogP) is 18.8. The third-order valence-electron chi connectivity index (χ3n) is 18.7. The van der Waals surface area contributed by atoms with E-state index < -0.39 is 23.6 Å². The second kappa shape index (κ2) is 29.9. The highest BCUT2D eigenvalue weighted by Gasteiger charge is 2.41. The molecule has 4 aromatic heterocycles. The first-order valence-electron chi connectivity index (χ1n) is 35.3. The highest BCUT2D eigenvalue weighted by molar-refractivity contribution is 6.44. The molecule has 2 aliphatic rings. The second-order valence-corrected chi connectivity index (χ2v) is 25.7. The van der Waals surface area contributed by atoms with Gasteiger partial charge in [0.2, 0.25) is 0 Å². The molecule has 0 fully saturated rings. The summed E-state index contributed by atoms with van der Waals surface area (Å²) >= 11 is 0. The number of carbonyl (C=O) groups is 4. The van der Waals surface area contributed by atoms with E-state index in [1.165, 1.54) is 9.80 Å². The van der Waals surface area contributed by atoms with Gasteiger partial charge in [-0.15, -0.1) is 0 Å². The number of rotatable bonds is 34. The van der Waals surface area contributed by atoms with Crippen molar-refractivity contribution in [2.75, 3.05) is 39.5 Å². The van der Waals surface area contributed by atoms with Crippen molar-refractivity contribution in [3.63, 3.8) is 0 Å². The third-order valence-corrected chi connectivity index (χ3v) is 18.7. The molecule has 0 saturated heterocycles. The van der Waals surface area contributed by atoms with Crippen molar-refractivity contribution in [1.29, 1.82) is 0 Å². The van der Waals surface area contributed by atoms with Crippen LogP contribution in [0.15, 0.2) is 219 Å². The molecule has 15 rings (SSSR count). The third kappa shape index (κ3) is 13.8. The Bertz CT molecular complexity index is 4470. The minimum atomic E-state index is -0.504. The van der Waals surface area contributed by atoms with E-state index in [1.54, 1.807) is 24.3 Å². The van der Waals surface area contributed by atoms with Gasteiger partial charge >= 0.3 is 0 Å². The number of fused-ring (bicyclic) bond motifs is 2. The van der Waals surface area contributed by atoms with Gasteiger partial charge in [0.1, 0.15) is 69.0 Å². The Morgan fingerprint density at radius 1 is 0.255 bits per heavy atom. The highest BCUT2D eigenvalue weighted by atomic mass is 16.5. The second-order valence-electron chi connectivity index (χ2n) is 25.7. The lowest BCUT2D eigenvalue weighted by Crippen LogP contribution is -2.41. The number of ether oxygens (including phenoxy) is 8. The predicted molar refractivity (Wildman–Crippen MR) is 392 cm³/mol. The van der Waals surface area contributed by atoms with Gasteiger partial charge in [-0.3, -0.25) is 29.0 Å². The Kier molecular flexibility index (Phi) is 19.3. The Morgan fingerprint density at radius 2 is 0.471 bits per heavy atom. The Hall–Kier alpha value is -11.9. The average Bonchev–Trinajstić information content (AvgIpc) is 0.815. The number of aryl methyl sites for hydroxylation is 4. The summed E-state index contributed by atoms with van der Waals surface area (Å²) in [5.74, 6) is 2.94. The zero-order valence-electron chi connectivity index (χ0n) is 57.1. The van der Waals surface area contributed by atoms with Gasteiger partial charge in [0.05, 0.1) is 48.7 Å². The first kappa shape index (κ1) is 66.0. The van der Waals surface area contributed by atoms with Crippen LogP contribution in [0.3, 0.4) is 0 Å². The molecule has 516 valence electrons. The first-order valence-corrected chi connectivity index (χ1v) is 35.3. The van der Waals surface area contributed by atoms with E-state index >= 15 is 19.2 Å². The lowest BCUT2D eigenvalue weighted by molar-refractivity contribution is 0.0593. The molecule has 0 atom stereocenters. The summed E-state index contributed by atoms with van der Waals surface area (Å²) in [7, 11) is 0. The maximum absolute atomic E-state index is 15.6. The fraction of sp³-hybridized carbons (Fsp3) is 0.238. The molecule has 9 aromatic carbocycles. The fourth-order valence-corrected chi connectivity index (χ4v) is 13.7. The van der Waals surface area contributed by atoms with E-state index in [1.807, 2.05) is 209 Å². The number of aromatic nitrogens is 4. The van der Waals surface area contributed by atoms with Gasteiger partial charge in [0.25, 0.3) is 23.6 Å². The zero-order chi connectivity index (χ0) is 69.5. The van der Waals surface area contributed by atoms with Crippen molar-refractivity contribution in [2.45, 2.75) is 91.4 Å².